The number of ether oxygens (including phenoxy) is 4. The van der Waals surface area contributed by atoms with E-state index in [0.717, 1.165) is 101 Å². The molecule has 5 aliphatic carbocycles. The van der Waals surface area contributed by atoms with Gasteiger partial charge in [-0.3, -0.25) is 19.4 Å². The van der Waals surface area contributed by atoms with Crippen molar-refractivity contribution in [2.45, 2.75) is 291 Å². The Kier molecular flexibility index (Phi) is 56.1. The van der Waals surface area contributed by atoms with Gasteiger partial charge in [0.25, 0.3) is 5.56 Å². The van der Waals surface area contributed by atoms with Crippen LogP contribution in [-0.2, 0) is 47.7 Å². The van der Waals surface area contributed by atoms with E-state index in [1.54, 1.807) is 73.6 Å². The zero-order valence-electron chi connectivity index (χ0n) is 67.4. The lowest BCUT2D eigenvalue weighted by Gasteiger charge is -2.35. The maximum atomic E-state index is 12.0. The van der Waals surface area contributed by atoms with Crippen LogP contribution in [0.4, 0.5) is 34.7 Å². The Morgan fingerprint density at radius 3 is 0.973 bits per heavy atom. The molecule has 0 radical (unpaired) electrons. The van der Waals surface area contributed by atoms with Crippen molar-refractivity contribution in [2.75, 3.05) is 58.8 Å². The Bertz CT molecular complexity index is 2960. The first-order chi connectivity index (χ1) is 52.7. The molecule has 17 N–H and O–H groups in total. The number of aromatic nitrogens is 2. The van der Waals surface area contributed by atoms with Gasteiger partial charge in [-0.2, -0.15) is 15.0 Å². The lowest BCUT2D eigenvalue weighted by molar-refractivity contribution is -0.118. The minimum atomic E-state index is -0.750. The predicted octanol–water partition coefficient (Wildman–Crippen LogP) is 7.77. The smallest absolute Gasteiger partial charge is 0.410 e. The van der Waals surface area contributed by atoms with E-state index in [0.29, 0.717) is 38.4 Å². The Hall–Kier alpha value is -10.2. The fraction of sp³-hybridized carbons (Fsp3) is 0.726. The maximum absolute atomic E-state index is 12.0. The zero-order valence-corrected chi connectivity index (χ0v) is 67.4. The van der Waals surface area contributed by atoms with E-state index in [-0.39, 0.29) is 76.7 Å². The number of aromatic amines is 1. The molecule has 2 aliphatic heterocycles. The Morgan fingerprint density at radius 1 is 0.477 bits per heavy atom. The molecule has 0 bridgehead atoms. The number of nitrogen functional groups attached to an aromatic ring is 1. The van der Waals surface area contributed by atoms with Gasteiger partial charge >= 0.3 is 36.4 Å². The highest BCUT2D eigenvalue weighted by Gasteiger charge is 2.32. The number of allylic oxidation sites excluding steroid dienone is 2. The summed E-state index contributed by atoms with van der Waals surface area (Å²) >= 11 is 0. The summed E-state index contributed by atoms with van der Waals surface area (Å²) in [5, 5.41) is 46.5. The largest absolute Gasteiger partial charge is 0.412 e. The van der Waals surface area contributed by atoms with Crippen molar-refractivity contribution in [1.29, 1.82) is 0 Å². The molecule has 1 aromatic rings. The normalized spacial score (nSPS) is 18.3. The van der Waals surface area contributed by atoms with Crippen molar-refractivity contribution in [2.24, 2.45) is 20.0 Å². The third-order valence-corrected chi connectivity index (χ3v) is 17.2. The third kappa shape index (κ3) is 54.9. The lowest BCUT2D eigenvalue weighted by atomic mass is 9.83. The number of nitrogens with two attached hydrogens (primary N) is 1. The Morgan fingerprint density at radius 2 is 0.757 bits per heavy atom. The second-order valence-electron chi connectivity index (χ2n) is 27.6. The highest BCUT2D eigenvalue weighted by molar-refractivity contribution is 5.90. The minimum absolute atomic E-state index is 0.0694. The van der Waals surface area contributed by atoms with E-state index < -0.39 is 43.7 Å². The SMILES string of the molecule is CC1(N=C=O)CCCCC1.CC1(N=C=O)CCCCC1.CC1(N=C=O)CCCCC1.CC1=CC(=O)NC(NC(=O)NC2(C)CCCCC2)N1.CC1=CC(=O)NC(NC(=O)NC2(C)CCCCC2)N1.CCN=C=O.CCNC(=O)OCOC(=O)NCC.CCNC(=O)OCOC(=O)NCC.Cc1cc(=O)[nH]c(N)n1.OCO. The van der Waals surface area contributed by atoms with Gasteiger partial charge in [0.15, 0.2) is 12.6 Å². The maximum Gasteiger partial charge on any atom is 0.410 e. The van der Waals surface area contributed by atoms with Crippen LogP contribution in [0.3, 0.4) is 0 Å². The second kappa shape index (κ2) is 60.6. The van der Waals surface area contributed by atoms with Crippen LogP contribution in [0.1, 0.15) is 249 Å². The number of rotatable bonds is 16. The molecule has 2 unspecified atom stereocenters. The first kappa shape index (κ1) is 103. The molecular formula is C73H127N19O19. The van der Waals surface area contributed by atoms with Crippen LogP contribution >= 0.6 is 0 Å². The molecule has 7 aliphatic rings. The average molecular weight is 1570 g/mol. The summed E-state index contributed by atoms with van der Waals surface area (Å²) in [6.07, 6.45) is 34.3. The molecule has 0 spiro atoms. The molecule has 111 heavy (non-hydrogen) atoms. The summed E-state index contributed by atoms with van der Waals surface area (Å²) in [7, 11) is 0. The van der Waals surface area contributed by atoms with Crippen LogP contribution in [0.2, 0.25) is 0 Å². The summed E-state index contributed by atoms with van der Waals surface area (Å²) in [5.74, 6) is -0.240. The van der Waals surface area contributed by atoms with Gasteiger partial charge in [0.2, 0.25) is 55.7 Å². The molecule has 38 heteroatoms. The second-order valence-corrected chi connectivity index (χ2v) is 27.6. The van der Waals surface area contributed by atoms with E-state index in [1.807, 2.05) is 20.8 Å². The summed E-state index contributed by atoms with van der Waals surface area (Å²) in [6.45, 7) is 25.3. The number of hydrogen-bond donors (Lipinski definition) is 16. The number of aliphatic hydroxyl groups is 2. The van der Waals surface area contributed by atoms with E-state index in [1.165, 1.54) is 94.9 Å². The Balaban J connectivity index is 0. The van der Waals surface area contributed by atoms with Gasteiger partial charge in [-0.15, -0.1) is 0 Å². The molecule has 0 aromatic carbocycles. The number of isocyanates is 4. The lowest BCUT2D eigenvalue weighted by Crippen LogP contribution is -2.62. The number of aliphatic hydroxyl groups excluding tert-OH is 1. The fourth-order valence-corrected chi connectivity index (χ4v) is 11.6. The fourth-order valence-electron chi connectivity index (χ4n) is 11.6. The number of aryl methyl sites for hydroxylation is 1. The van der Waals surface area contributed by atoms with Crippen LogP contribution in [0.15, 0.2) is 54.4 Å². The van der Waals surface area contributed by atoms with Crippen LogP contribution in [-0.4, -0.2) is 186 Å². The van der Waals surface area contributed by atoms with Gasteiger partial charge in [0, 0.05) is 79.1 Å². The number of anilines is 1. The zero-order chi connectivity index (χ0) is 84.0. The molecule has 5 fully saturated rings. The van der Waals surface area contributed by atoms with Crippen LogP contribution in [0.25, 0.3) is 0 Å². The molecule has 5 saturated carbocycles. The summed E-state index contributed by atoms with van der Waals surface area (Å²) < 4.78 is 17.9. The highest BCUT2D eigenvalue weighted by Crippen LogP contribution is 2.33. The van der Waals surface area contributed by atoms with Crippen molar-refractivity contribution in [3.05, 3.63) is 45.7 Å². The van der Waals surface area contributed by atoms with E-state index in [2.05, 4.69) is 127 Å². The molecule has 628 valence electrons. The molecule has 2 atom stereocenters. The molecule has 10 amide bonds. The van der Waals surface area contributed by atoms with Gasteiger partial charge < -0.3 is 98.7 Å². The number of nitrogens with zero attached hydrogens (tertiary/aromatic N) is 5. The number of H-pyrrole nitrogens is 1. The van der Waals surface area contributed by atoms with Crippen molar-refractivity contribution >= 4 is 78.5 Å². The first-order valence-electron chi connectivity index (χ1n) is 37.8. The van der Waals surface area contributed by atoms with Gasteiger partial charge in [0.05, 0.1) is 16.6 Å². The first-order valence-corrected chi connectivity index (χ1v) is 37.8. The van der Waals surface area contributed by atoms with Gasteiger partial charge in [-0.05, 0) is 154 Å². The highest BCUT2D eigenvalue weighted by atomic mass is 16.7. The van der Waals surface area contributed by atoms with Crippen molar-refractivity contribution in [1.82, 2.24) is 73.8 Å². The number of amides is 10. The number of nitrogens with one attached hydrogen (secondary N) is 13. The van der Waals surface area contributed by atoms with Crippen LogP contribution in [0.5, 0.6) is 0 Å². The Labute approximate surface area is 651 Å². The summed E-state index contributed by atoms with van der Waals surface area (Å²) in [5.41, 5.74) is 6.61. The van der Waals surface area contributed by atoms with Gasteiger partial charge in [-0.25, -0.2) is 57.9 Å². The van der Waals surface area contributed by atoms with E-state index in [4.69, 9.17) is 20.7 Å². The minimum Gasteiger partial charge on any atom is -0.412 e. The molecule has 0 saturated heterocycles. The van der Waals surface area contributed by atoms with Crippen molar-refractivity contribution in [3.8, 4) is 0 Å². The number of alkyl carbamates (subject to hydrolysis) is 4. The number of carbonyl (C=O) groups is 8. The van der Waals surface area contributed by atoms with Gasteiger partial charge in [-0.1, -0.05) is 96.3 Å². The standard InChI is InChI=1S/2C13H22N4O2.3C8H13NO.2C7H14N2O4.C5H7N3O.C3H5NO.CH4O2/c2*1-9-8-10(18)15-11(14-9)16-12(19)17-13(2)6-4-3-5-7-13;3*1-8(9-7-10)5-3-2-4-6-8;2*1-3-8-6(10)12-5-13-7(11)9-4-2;1-3-2-4(9)8-5(6)7-3;1-2-4-3-5;2-1-3/h2*8,11,14H,3-7H2,1-2H3,(H,15,18)(H2,16,17,19);3*2-6H2,1H3;2*3-5H2,1-2H3,(H,8,10)(H,9,11);2H,1H3,(H3,6,7,8,9);2H2,1H3;2-3H,1H2. The number of urea groups is 2. The third-order valence-electron chi connectivity index (χ3n) is 17.2. The topological polar surface area (TPSA) is 548 Å². The molecular weight excluding hydrogens is 1450 g/mol. The summed E-state index contributed by atoms with van der Waals surface area (Å²) in [6, 6.07) is 0.880. The number of carbonyl (C=O) groups excluding carboxylic acids is 12. The van der Waals surface area contributed by atoms with Crippen LogP contribution in [0, 0.1) is 6.92 Å². The quantitative estimate of drug-likeness (QED) is 0.0427. The van der Waals surface area contributed by atoms with E-state index in [9.17, 15) is 57.5 Å². The van der Waals surface area contributed by atoms with Crippen molar-refractivity contribution in [3.63, 3.8) is 0 Å². The predicted molar refractivity (Wildman–Crippen MR) is 415 cm³/mol. The molecule has 3 heterocycles. The van der Waals surface area contributed by atoms with E-state index >= 15 is 0 Å². The monoisotopic (exact) mass is 1570 g/mol. The average Bonchev–Trinajstić information content (AvgIpc) is 0.848. The van der Waals surface area contributed by atoms with Gasteiger partial charge in [0.1, 0.15) is 6.79 Å². The van der Waals surface area contributed by atoms with Crippen molar-refractivity contribution < 1.29 is 86.7 Å². The van der Waals surface area contributed by atoms with Crippen LogP contribution < -0.4 is 75.1 Å². The number of aliphatic imine (C=N–C) groups is 4. The molecule has 8 rings (SSSR count). The number of hydrogen-bond acceptors (Lipinski definition) is 27. The molecule has 1 aromatic heterocycles. The summed E-state index contributed by atoms with van der Waals surface area (Å²) in [4.78, 5) is 159. The molecule has 38 nitrogen and oxygen atoms in total.